The van der Waals surface area contributed by atoms with Gasteiger partial charge in [0.05, 0.1) is 18.1 Å². The molecular formula is C15H15N5O2. The molecule has 0 unspecified atom stereocenters. The van der Waals surface area contributed by atoms with E-state index in [1.54, 1.807) is 17.1 Å². The minimum absolute atomic E-state index is 0.134. The van der Waals surface area contributed by atoms with Gasteiger partial charge in [0.25, 0.3) is 0 Å². The first-order valence-corrected chi connectivity index (χ1v) is 6.96. The van der Waals surface area contributed by atoms with E-state index in [1.165, 1.54) is 0 Å². The molecular weight excluding hydrogens is 282 g/mol. The molecule has 0 aliphatic heterocycles. The Bertz CT molecular complexity index is 785. The van der Waals surface area contributed by atoms with Gasteiger partial charge in [-0.2, -0.15) is 5.10 Å². The van der Waals surface area contributed by atoms with E-state index in [-0.39, 0.29) is 6.42 Å². The average molecular weight is 297 g/mol. The molecule has 7 heteroatoms. The van der Waals surface area contributed by atoms with Gasteiger partial charge in [-0.05, 0) is 18.6 Å². The number of carboxylic acid groups (broad SMARTS) is 1. The minimum Gasteiger partial charge on any atom is -0.481 e. The molecule has 2 N–H and O–H groups in total. The number of aliphatic carboxylic acids is 1. The van der Waals surface area contributed by atoms with E-state index in [9.17, 15) is 4.79 Å². The van der Waals surface area contributed by atoms with Crippen molar-refractivity contribution in [2.45, 2.75) is 12.8 Å². The van der Waals surface area contributed by atoms with Crippen LogP contribution in [0.1, 0.15) is 12.8 Å². The molecule has 0 aliphatic rings. The second kappa shape index (κ2) is 6.21. The highest BCUT2D eigenvalue weighted by Crippen LogP contribution is 2.16. The lowest BCUT2D eigenvalue weighted by atomic mass is 10.3. The molecule has 0 fully saturated rings. The van der Waals surface area contributed by atoms with Gasteiger partial charge in [-0.3, -0.25) is 4.79 Å². The standard InChI is InChI=1S/C15H15N5O2/c21-14(22)7-4-8-16-13-10-17-15-12(19-13)9-18-20(15)11-5-2-1-3-6-11/h1-3,5-6,9-10H,4,7-8H2,(H,16,19)(H,21,22). The summed E-state index contributed by atoms with van der Waals surface area (Å²) in [6.45, 7) is 0.541. The van der Waals surface area contributed by atoms with Crippen molar-refractivity contribution >= 4 is 23.0 Å². The highest BCUT2D eigenvalue weighted by molar-refractivity contribution is 5.73. The summed E-state index contributed by atoms with van der Waals surface area (Å²) in [5, 5.41) is 16.0. The number of rotatable bonds is 6. The first-order chi connectivity index (χ1) is 10.7. The van der Waals surface area contributed by atoms with Gasteiger partial charge in [0.2, 0.25) is 0 Å². The second-order valence-corrected chi connectivity index (χ2v) is 4.78. The number of hydrogen-bond donors (Lipinski definition) is 2. The van der Waals surface area contributed by atoms with E-state index in [0.717, 1.165) is 5.69 Å². The number of carboxylic acids is 1. The number of fused-ring (bicyclic) bond motifs is 1. The van der Waals surface area contributed by atoms with E-state index >= 15 is 0 Å². The van der Waals surface area contributed by atoms with E-state index in [2.05, 4.69) is 20.4 Å². The third-order valence-corrected chi connectivity index (χ3v) is 3.15. The monoisotopic (exact) mass is 297 g/mol. The van der Waals surface area contributed by atoms with Crippen molar-refractivity contribution in [3.8, 4) is 5.69 Å². The lowest BCUT2D eigenvalue weighted by molar-refractivity contribution is -0.137. The zero-order valence-electron chi connectivity index (χ0n) is 11.8. The number of para-hydroxylation sites is 1. The van der Waals surface area contributed by atoms with Crippen LogP contribution in [0.25, 0.3) is 16.9 Å². The number of anilines is 1. The lowest BCUT2D eigenvalue weighted by Crippen LogP contribution is -2.06. The zero-order chi connectivity index (χ0) is 15.4. The average Bonchev–Trinajstić information content (AvgIpc) is 2.95. The van der Waals surface area contributed by atoms with Crippen molar-refractivity contribution in [3.63, 3.8) is 0 Å². The maximum Gasteiger partial charge on any atom is 0.303 e. The highest BCUT2D eigenvalue weighted by atomic mass is 16.4. The van der Waals surface area contributed by atoms with E-state index in [1.807, 2.05) is 30.3 Å². The number of nitrogens with one attached hydrogen (secondary N) is 1. The smallest absolute Gasteiger partial charge is 0.303 e. The van der Waals surface area contributed by atoms with Crippen molar-refractivity contribution in [3.05, 3.63) is 42.7 Å². The second-order valence-electron chi connectivity index (χ2n) is 4.78. The van der Waals surface area contributed by atoms with Crippen LogP contribution in [0.5, 0.6) is 0 Å². The molecule has 22 heavy (non-hydrogen) atoms. The molecule has 7 nitrogen and oxygen atoms in total. The topological polar surface area (TPSA) is 92.9 Å². The molecule has 112 valence electrons. The Hall–Kier alpha value is -2.96. The predicted molar refractivity (Wildman–Crippen MR) is 82.0 cm³/mol. The first kappa shape index (κ1) is 14.0. The van der Waals surface area contributed by atoms with Crippen LogP contribution in [0.3, 0.4) is 0 Å². The molecule has 2 heterocycles. The van der Waals surface area contributed by atoms with E-state index in [4.69, 9.17) is 5.11 Å². The molecule has 0 spiro atoms. The number of benzene rings is 1. The number of aromatic nitrogens is 4. The van der Waals surface area contributed by atoms with Crippen molar-refractivity contribution in [1.29, 1.82) is 0 Å². The molecule has 3 rings (SSSR count). The maximum atomic E-state index is 10.5. The quantitative estimate of drug-likeness (QED) is 0.677. The Morgan fingerprint density at radius 1 is 1.23 bits per heavy atom. The summed E-state index contributed by atoms with van der Waals surface area (Å²) in [6, 6.07) is 9.72. The van der Waals surface area contributed by atoms with Crippen LogP contribution >= 0.6 is 0 Å². The Morgan fingerprint density at radius 3 is 2.82 bits per heavy atom. The molecule has 3 aromatic rings. The van der Waals surface area contributed by atoms with Crippen LogP contribution in [0.2, 0.25) is 0 Å². The Morgan fingerprint density at radius 2 is 2.05 bits per heavy atom. The molecule has 2 aromatic heterocycles. The normalized spacial score (nSPS) is 10.7. The largest absolute Gasteiger partial charge is 0.481 e. The van der Waals surface area contributed by atoms with Gasteiger partial charge in [-0.1, -0.05) is 18.2 Å². The molecule has 0 radical (unpaired) electrons. The summed E-state index contributed by atoms with van der Waals surface area (Å²) >= 11 is 0. The Balaban J connectivity index is 1.76. The third-order valence-electron chi connectivity index (χ3n) is 3.15. The van der Waals surface area contributed by atoms with Crippen LogP contribution < -0.4 is 5.32 Å². The van der Waals surface area contributed by atoms with E-state index in [0.29, 0.717) is 29.9 Å². The van der Waals surface area contributed by atoms with Gasteiger partial charge in [-0.15, -0.1) is 0 Å². The van der Waals surface area contributed by atoms with Gasteiger partial charge in [0.1, 0.15) is 11.3 Å². The minimum atomic E-state index is -0.799. The number of hydrogen-bond acceptors (Lipinski definition) is 5. The lowest BCUT2D eigenvalue weighted by Gasteiger charge is -2.05. The summed E-state index contributed by atoms with van der Waals surface area (Å²) in [6.07, 6.45) is 3.97. The summed E-state index contributed by atoms with van der Waals surface area (Å²) in [5.41, 5.74) is 2.29. The van der Waals surface area contributed by atoms with Crippen molar-refractivity contribution in [2.24, 2.45) is 0 Å². The molecule has 1 aromatic carbocycles. The van der Waals surface area contributed by atoms with Crippen LogP contribution in [-0.2, 0) is 4.79 Å². The summed E-state index contributed by atoms with van der Waals surface area (Å²) in [5.74, 6) is -0.182. The fourth-order valence-electron chi connectivity index (χ4n) is 2.11. The van der Waals surface area contributed by atoms with Crippen LogP contribution in [0.15, 0.2) is 42.7 Å². The Kier molecular flexibility index (Phi) is 3.95. The molecule has 0 saturated heterocycles. The molecule has 0 aliphatic carbocycles. The molecule has 0 bridgehead atoms. The molecule has 0 saturated carbocycles. The Labute approximate surface area is 126 Å². The van der Waals surface area contributed by atoms with Gasteiger partial charge < -0.3 is 10.4 Å². The number of carbonyl (C=O) groups is 1. The first-order valence-electron chi connectivity index (χ1n) is 6.96. The van der Waals surface area contributed by atoms with Crippen molar-refractivity contribution < 1.29 is 9.90 Å². The van der Waals surface area contributed by atoms with Crippen molar-refractivity contribution in [1.82, 2.24) is 19.7 Å². The van der Waals surface area contributed by atoms with E-state index < -0.39 is 5.97 Å². The van der Waals surface area contributed by atoms with Gasteiger partial charge in [0.15, 0.2) is 5.65 Å². The fourth-order valence-corrected chi connectivity index (χ4v) is 2.11. The van der Waals surface area contributed by atoms with Crippen LogP contribution in [0.4, 0.5) is 5.82 Å². The van der Waals surface area contributed by atoms with Crippen LogP contribution in [0, 0.1) is 0 Å². The van der Waals surface area contributed by atoms with Crippen molar-refractivity contribution in [2.75, 3.05) is 11.9 Å². The third kappa shape index (κ3) is 3.03. The summed E-state index contributed by atoms with van der Waals surface area (Å²) in [4.78, 5) is 19.3. The SMILES string of the molecule is O=C(O)CCCNc1cnc2c(cnn2-c2ccccc2)n1. The van der Waals surface area contributed by atoms with Gasteiger partial charge in [-0.25, -0.2) is 14.6 Å². The predicted octanol–water partition coefficient (Wildman–Crippen LogP) is 2.09. The zero-order valence-corrected chi connectivity index (χ0v) is 11.8. The summed E-state index contributed by atoms with van der Waals surface area (Å²) < 4.78 is 1.73. The van der Waals surface area contributed by atoms with Gasteiger partial charge in [0, 0.05) is 13.0 Å². The number of nitrogens with zero attached hydrogens (tertiary/aromatic N) is 4. The molecule has 0 atom stereocenters. The maximum absolute atomic E-state index is 10.5. The van der Waals surface area contributed by atoms with Crippen LogP contribution in [-0.4, -0.2) is 37.4 Å². The summed E-state index contributed by atoms with van der Waals surface area (Å²) in [7, 11) is 0. The highest BCUT2D eigenvalue weighted by Gasteiger charge is 2.08. The van der Waals surface area contributed by atoms with Gasteiger partial charge >= 0.3 is 5.97 Å². The molecule has 0 amide bonds. The fraction of sp³-hybridized carbons (Fsp3) is 0.200.